The summed E-state index contributed by atoms with van der Waals surface area (Å²) in [6.45, 7) is 2.77. The van der Waals surface area contributed by atoms with Gasteiger partial charge in [-0.2, -0.15) is 5.26 Å². The third-order valence-electron chi connectivity index (χ3n) is 3.89. The lowest BCUT2D eigenvalue weighted by Gasteiger charge is -2.19. The van der Waals surface area contributed by atoms with Gasteiger partial charge in [0.1, 0.15) is 12.1 Å². The van der Waals surface area contributed by atoms with Crippen LogP contribution >= 0.6 is 0 Å². The Morgan fingerprint density at radius 2 is 1.86 bits per heavy atom. The first-order chi connectivity index (χ1) is 13.2. The number of sulfonamides is 1. The van der Waals surface area contributed by atoms with E-state index in [9.17, 15) is 23.1 Å². The monoisotopic (exact) mass is 410 g/mol. The van der Waals surface area contributed by atoms with E-state index in [0.717, 1.165) is 5.56 Å². The van der Waals surface area contributed by atoms with Crippen LogP contribution in [-0.2, 0) is 26.2 Å². The SMILES string of the molecule is CCCCS(=O)(=O)NC(CO)C(=O)NC(C)C(=O)NCc1ccc(C#N)cc1. The van der Waals surface area contributed by atoms with Crippen molar-refractivity contribution in [1.82, 2.24) is 15.4 Å². The van der Waals surface area contributed by atoms with Crippen LogP contribution in [0.5, 0.6) is 0 Å². The van der Waals surface area contributed by atoms with Crippen molar-refractivity contribution in [3.05, 3.63) is 35.4 Å². The molecule has 0 aliphatic heterocycles. The zero-order chi connectivity index (χ0) is 21.2. The van der Waals surface area contributed by atoms with Crippen LogP contribution in [0.3, 0.4) is 0 Å². The zero-order valence-electron chi connectivity index (χ0n) is 15.9. The average Bonchev–Trinajstić information content (AvgIpc) is 2.68. The molecule has 0 bridgehead atoms. The van der Waals surface area contributed by atoms with Crippen molar-refractivity contribution in [2.75, 3.05) is 12.4 Å². The second kappa shape index (κ2) is 11.4. The number of unbranched alkanes of at least 4 members (excludes halogenated alkanes) is 1. The molecule has 1 rings (SSSR count). The number of nitrogens with zero attached hydrogens (tertiary/aromatic N) is 1. The molecule has 28 heavy (non-hydrogen) atoms. The van der Waals surface area contributed by atoms with Crippen LogP contribution in [0.15, 0.2) is 24.3 Å². The Hall–Kier alpha value is -2.48. The fourth-order valence-electron chi connectivity index (χ4n) is 2.20. The molecule has 0 fully saturated rings. The first-order valence-corrected chi connectivity index (χ1v) is 10.6. The number of carbonyl (C=O) groups is 2. The van der Waals surface area contributed by atoms with E-state index in [-0.39, 0.29) is 12.3 Å². The number of benzene rings is 1. The third kappa shape index (κ3) is 8.04. The maximum absolute atomic E-state index is 12.2. The molecule has 4 N–H and O–H groups in total. The van der Waals surface area contributed by atoms with Crippen molar-refractivity contribution < 1.29 is 23.1 Å². The molecular formula is C18H26N4O5S. The minimum absolute atomic E-state index is 0.145. The largest absolute Gasteiger partial charge is 0.394 e. The van der Waals surface area contributed by atoms with E-state index in [2.05, 4.69) is 15.4 Å². The molecule has 0 aliphatic rings. The molecule has 0 spiro atoms. The molecule has 0 saturated heterocycles. The zero-order valence-corrected chi connectivity index (χ0v) is 16.8. The van der Waals surface area contributed by atoms with Gasteiger partial charge in [-0.25, -0.2) is 13.1 Å². The number of hydrogen-bond acceptors (Lipinski definition) is 6. The summed E-state index contributed by atoms with van der Waals surface area (Å²) < 4.78 is 25.9. The molecule has 0 heterocycles. The van der Waals surface area contributed by atoms with Crippen molar-refractivity contribution in [3.63, 3.8) is 0 Å². The number of amides is 2. The van der Waals surface area contributed by atoms with Gasteiger partial charge in [0.15, 0.2) is 0 Å². The van der Waals surface area contributed by atoms with Gasteiger partial charge >= 0.3 is 0 Å². The highest BCUT2D eigenvalue weighted by atomic mass is 32.2. The van der Waals surface area contributed by atoms with Crippen LogP contribution < -0.4 is 15.4 Å². The molecule has 2 amide bonds. The summed E-state index contributed by atoms with van der Waals surface area (Å²) >= 11 is 0. The van der Waals surface area contributed by atoms with Gasteiger partial charge in [-0.05, 0) is 31.0 Å². The Kier molecular flexibility index (Phi) is 9.58. The quantitative estimate of drug-likeness (QED) is 0.396. The number of hydrogen-bond donors (Lipinski definition) is 4. The number of nitriles is 1. The molecule has 1 aromatic carbocycles. The summed E-state index contributed by atoms with van der Waals surface area (Å²) in [5, 5.41) is 23.1. The number of nitrogens with one attached hydrogen (secondary N) is 3. The first-order valence-electron chi connectivity index (χ1n) is 8.90. The van der Waals surface area contributed by atoms with Gasteiger partial charge in [0.2, 0.25) is 21.8 Å². The number of aliphatic hydroxyl groups is 1. The summed E-state index contributed by atoms with van der Waals surface area (Å²) in [6.07, 6.45) is 1.11. The Balaban J connectivity index is 2.55. The van der Waals surface area contributed by atoms with Gasteiger partial charge in [0.25, 0.3) is 0 Å². The third-order valence-corrected chi connectivity index (χ3v) is 5.36. The molecule has 0 aliphatic carbocycles. The molecule has 10 heteroatoms. The van der Waals surface area contributed by atoms with Crippen molar-refractivity contribution in [2.24, 2.45) is 0 Å². The summed E-state index contributed by atoms with van der Waals surface area (Å²) in [5.74, 6) is -1.40. The maximum atomic E-state index is 12.2. The van der Waals surface area contributed by atoms with Crippen LogP contribution in [0.25, 0.3) is 0 Å². The molecule has 1 aromatic rings. The minimum Gasteiger partial charge on any atom is -0.394 e. The Morgan fingerprint density at radius 1 is 1.21 bits per heavy atom. The molecule has 0 saturated carbocycles. The van der Waals surface area contributed by atoms with E-state index in [4.69, 9.17) is 5.26 Å². The highest BCUT2D eigenvalue weighted by Gasteiger charge is 2.26. The highest BCUT2D eigenvalue weighted by Crippen LogP contribution is 2.03. The van der Waals surface area contributed by atoms with E-state index in [0.29, 0.717) is 18.4 Å². The molecule has 9 nitrogen and oxygen atoms in total. The summed E-state index contributed by atoms with van der Waals surface area (Å²) in [7, 11) is -3.70. The van der Waals surface area contributed by atoms with Crippen LogP contribution in [-0.4, -0.2) is 49.8 Å². The minimum atomic E-state index is -3.70. The predicted octanol–water partition coefficient (Wildman–Crippen LogP) is -0.240. The first kappa shape index (κ1) is 23.6. The summed E-state index contributed by atoms with van der Waals surface area (Å²) in [5.41, 5.74) is 1.29. The number of aliphatic hydroxyl groups excluding tert-OH is 1. The van der Waals surface area contributed by atoms with E-state index >= 15 is 0 Å². The lowest BCUT2D eigenvalue weighted by molar-refractivity contribution is -0.130. The second-order valence-corrected chi connectivity index (χ2v) is 8.16. The van der Waals surface area contributed by atoms with Gasteiger partial charge < -0.3 is 15.7 Å². The van der Waals surface area contributed by atoms with Crippen molar-refractivity contribution >= 4 is 21.8 Å². The van der Waals surface area contributed by atoms with Gasteiger partial charge in [-0.15, -0.1) is 0 Å². The fourth-order valence-corrected chi connectivity index (χ4v) is 3.60. The van der Waals surface area contributed by atoms with E-state index in [1.165, 1.54) is 6.92 Å². The van der Waals surface area contributed by atoms with Crippen molar-refractivity contribution in [3.8, 4) is 6.07 Å². The fraction of sp³-hybridized carbons (Fsp3) is 0.500. The van der Waals surface area contributed by atoms with Crippen molar-refractivity contribution in [2.45, 2.75) is 45.3 Å². The van der Waals surface area contributed by atoms with Crippen LogP contribution in [0.4, 0.5) is 0 Å². The molecule has 0 radical (unpaired) electrons. The predicted molar refractivity (Wildman–Crippen MR) is 103 cm³/mol. The average molecular weight is 410 g/mol. The van der Waals surface area contributed by atoms with Gasteiger partial charge in [0, 0.05) is 6.54 Å². The van der Waals surface area contributed by atoms with E-state index in [1.807, 2.05) is 13.0 Å². The highest BCUT2D eigenvalue weighted by molar-refractivity contribution is 7.89. The molecule has 154 valence electrons. The van der Waals surface area contributed by atoms with Crippen LogP contribution in [0.2, 0.25) is 0 Å². The Morgan fingerprint density at radius 3 is 2.39 bits per heavy atom. The molecular weight excluding hydrogens is 384 g/mol. The molecule has 2 atom stereocenters. The lowest BCUT2D eigenvalue weighted by atomic mass is 10.1. The standard InChI is InChI=1S/C18H26N4O5S/c1-3-4-9-28(26,27)22-16(12-23)18(25)21-13(2)17(24)20-11-15-7-5-14(10-19)6-8-15/h5-8,13,16,22-23H,3-4,9,11-12H2,1-2H3,(H,20,24)(H,21,25). The van der Waals surface area contributed by atoms with E-state index in [1.54, 1.807) is 24.3 Å². The summed E-state index contributed by atoms with van der Waals surface area (Å²) in [6, 6.07) is 6.37. The van der Waals surface area contributed by atoms with Crippen LogP contribution in [0.1, 0.15) is 37.8 Å². The number of rotatable bonds is 11. The topological polar surface area (TPSA) is 148 Å². The number of carbonyl (C=O) groups excluding carboxylic acids is 2. The summed E-state index contributed by atoms with van der Waals surface area (Å²) in [4.78, 5) is 24.3. The Labute approximate surface area is 165 Å². The van der Waals surface area contributed by atoms with Crippen molar-refractivity contribution in [1.29, 1.82) is 5.26 Å². The maximum Gasteiger partial charge on any atom is 0.242 e. The molecule has 2 unspecified atom stereocenters. The lowest BCUT2D eigenvalue weighted by Crippen LogP contribution is -2.54. The van der Waals surface area contributed by atoms with Gasteiger partial charge in [0.05, 0.1) is 24.0 Å². The smallest absolute Gasteiger partial charge is 0.242 e. The Bertz CT molecular complexity index is 802. The normalized spacial score (nSPS) is 13.2. The second-order valence-electron chi connectivity index (χ2n) is 6.28. The molecule has 0 aromatic heterocycles. The van der Waals surface area contributed by atoms with Crippen LogP contribution in [0, 0.1) is 11.3 Å². The van der Waals surface area contributed by atoms with Gasteiger partial charge in [-0.1, -0.05) is 25.5 Å². The van der Waals surface area contributed by atoms with E-state index < -0.39 is 40.5 Å². The van der Waals surface area contributed by atoms with Gasteiger partial charge in [-0.3, -0.25) is 9.59 Å².